The molecule has 0 bridgehead atoms. The number of anilines is 3. The van der Waals surface area contributed by atoms with E-state index in [0.717, 1.165) is 24.9 Å². The fourth-order valence-corrected chi connectivity index (χ4v) is 5.17. The third kappa shape index (κ3) is 5.81. The number of halogens is 1. The number of methoxy groups -OCH3 is 2. The Kier molecular flexibility index (Phi) is 7.94. The van der Waals surface area contributed by atoms with Gasteiger partial charge < -0.3 is 24.8 Å². The highest BCUT2D eigenvalue weighted by Crippen LogP contribution is 2.38. The number of nitrogens with one attached hydrogen (secondary N) is 2. The Morgan fingerprint density at radius 3 is 2.66 bits per heavy atom. The molecule has 1 amide bonds. The molecule has 1 saturated heterocycles. The summed E-state index contributed by atoms with van der Waals surface area (Å²) < 4.78 is 33.8. The lowest BCUT2D eigenvalue weighted by Crippen LogP contribution is -2.24. The first-order valence-electron chi connectivity index (χ1n) is 14.0. The van der Waals surface area contributed by atoms with Crippen LogP contribution < -0.4 is 24.8 Å². The smallest absolute Gasteiger partial charge is 0.284 e. The molecular formula is C31H31FN8O4. The number of amides is 1. The number of nitrogens with zero attached hydrogens (tertiary/aromatic N) is 6. The van der Waals surface area contributed by atoms with Crippen molar-refractivity contribution in [2.45, 2.75) is 25.8 Å². The SMILES string of the molecule is COc1cc2ncnc(Nc3cc(C)c(Oc4cnc5ccnn5c4)cc3OC)c2cc1NC(=O)/C(F)=C\[C@H]1CCCN1C. The van der Waals surface area contributed by atoms with Crippen LogP contribution in [0.5, 0.6) is 23.0 Å². The number of carbonyl (C=O) groups excluding carboxylic acids is 1. The summed E-state index contributed by atoms with van der Waals surface area (Å²) in [6.07, 6.45) is 9.57. The van der Waals surface area contributed by atoms with Gasteiger partial charge in [-0.25, -0.2) is 23.9 Å². The summed E-state index contributed by atoms with van der Waals surface area (Å²) in [5.74, 6) is 0.647. The molecule has 44 heavy (non-hydrogen) atoms. The van der Waals surface area contributed by atoms with Crippen molar-refractivity contribution < 1.29 is 23.4 Å². The molecule has 1 atom stereocenters. The van der Waals surface area contributed by atoms with Gasteiger partial charge >= 0.3 is 0 Å². The highest BCUT2D eigenvalue weighted by atomic mass is 19.1. The van der Waals surface area contributed by atoms with Gasteiger partial charge in [0.15, 0.2) is 17.2 Å². The molecule has 2 aromatic carbocycles. The number of aryl methyl sites for hydroxylation is 1. The van der Waals surface area contributed by atoms with E-state index in [1.165, 1.54) is 19.5 Å². The van der Waals surface area contributed by atoms with Crippen LogP contribution in [0.25, 0.3) is 16.6 Å². The van der Waals surface area contributed by atoms with Crippen LogP contribution in [0.1, 0.15) is 18.4 Å². The Labute approximate surface area is 252 Å². The van der Waals surface area contributed by atoms with Crippen LogP contribution in [0.15, 0.2) is 67.2 Å². The maximum atomic E-state index is 14.9. The number of rotatable bonds is 9. The van der Waals surface area contributed by atoms with Crippen LogP contribution in [0.4, 0.5) is 21.6 Å². The highest BCUT2D eigenvalue weighted by Gasteiger charge is 2.22. The van der Waals surface area contributed by atoms with Crippen LogP contribution in [0.3, 0.4) is 0 Å². The number of likely N-dealkylation sites (tertiary alicyclic amines) is 1. The summed E-state index contributed by atoms with van der Waals surface area (Å²) in [5, 5.41) is 10.7. The monoisotopic (exact) mass is 598 g/mol. The van der Waals surface area contributed by atoms with Crippen LogP contribution in [0, 0.1) is 6.92 Å². The minimum absolute atomic E-state index is 0.115. The van der Waals surface area contributed by atoms with Crippen molar-refractivity contribution in [1.82, 2.24) is 29.5 Å². The average molecular weight is 599 g/mol. The lowest BCUT2D eigenvalue weighted by molar-refractivity contribution is -0.114. The zero-order chi connectivity index (χ0) is 30.8. The molecule has 2 N–H and O–H groups in total. The molecule has 0 spiro atoms. The maximum absolute atomic E-state index is 14.9. The number of ether oxygens (including phenoxy) is 3. The number of hydrogen-bond acceptors (Lipinski definition) is 10. The molecule has 0 unspecified atom stereocenters. The molecule has 12 nitrogen and oxygen atoms in total. The normalized spacial score (nSPS) is 15.5. The third-order valence-corrected chi connectivity index (χ3v) is 7.54. The van der Waals surface area contributed by atoms with Crippen LogP contribution >= 0.6 is 0 Å². The van der Waals surface area contributed by atoms with Gasteiger partial charge in [-0.05, 0) is 57.1 Å². The predicted molar refractivity (Wildman–Crippen MR) is 164 cm³/mol. The zero-order valence-electron chi connectivity index (χ0n) is 24.7. The number of benzene rings is 2. The van der Waals surface area contributed by atoms with Crippen molar-refractivity contribution in [2.24, 2.45) is 0 Å². The molecule has 0 aliphatic carbocycles. The second kappa shape index (κ2) is 12.1. The fraction of sp³-hybridized carbons (Fsp3) is 0.258. The van der Waals surface area contributed by atoms with Gasteiger partial charge in [0.2, 0.25) is 0 Å². The second-order valence-electron chi connectivity index (χ2n) is 10.4. The van der Waals surface area contributed by atoms with Crippen molar-refractivity contribution >= 4 is 39.6 Å². The summed E-state index contributed by atoms with van der Waals surface area (Å²) >= 11 is 0. The van der Waals surface area contributed by atoms with Gasteiger partial charge in [0.1, 0.15) is 29.4 Å². The predicted octanol–water partition coefficient (Wildman–Crippen LogP) is 5.42. The van der Waals surface area contributed by atoms with Crippen molar-refractivity contribution in [1.29, 1.82) is 0 Å². The summed E-state index contributed by atoms with van der Waals surface area (Å²) in [7, 11) is 4.94. The van der Waals surface area contributed by atoms with E-state index < -0.39 is 11.7 Å². The molecular weight excluding hydrogens is 567 g/mol. The fourth-order valence-electron chi connectivity index (χ4n) is 5.17. The molecule has 1 fully saturated rings. The molecule has 0 radical (unpaired) electrons. The average Bonchev–Trinajstić information content (AvgIpc) is 3.66. The van der Waals surface area contributed by atoms with E-state index in [9.17, 15) is 9.18 Å². The van der Waals surface area contributed by atoms with Crippen LogP contribution in [-0.2, 0) is 4.79 Å². The van der Waals surface area contributed by atoms with Gasteiger partial charge in [-0.3, -0.25) is 9.69 Å². The van der Waals surface area contributed by atoms with Crippen molar-refractivity contribution in [3.63, 3.8) is 0 Å². The Morgan fingerprint density at radius 1 is 1.07 bits per heavy atom. The number of hydrogen-bond donors (Lipinski definition) is 2. The number of aromatic nitrogens is 5. The standard InChI is InChI=1S/C31H31FN8O4/c1-18-10-24(28(43-4)14-26(18)44-20-15-33-29-7-8-36-40(29)16-20)37-30-21-12-25(27(42-3)13-23(21)34-17-35-30)38-31(41)22(32)11-19-6-5-9-39(19)2/h7-8,10-17,19H,5-6,9H2,1-4H3,(H,38,41)(H,34,35,37)/b22-11+/t19-/m1/s1. The van der Waals surface area contributed by atoms with Gasteiger partial charge in [-0.1, -0.05) is 0 Å². The van der Waals surface area contributed by atoms with Gasteiger partial charge in [0.05, 0.1) is 49.7 Å². The minimum atomic E-state index is -0.857. The third-order valence-electron chi connectivity index (χ3n) is 7.54. The molecule has 4 heterocycles. The van der Waals surface area contributed by atoms with E-state index in [1.807, 2.05) is 24.9 Å². The second-order valence-corrected chi connectivity index (χ2v) is 10.4. The largest absolute Gasteiger partial charge is 0.494 e. The number of likely N-dealkylation sites (N-methyl/N-ethyl adjacent to an activating group) is 1. The highest BCUT2D eigenvalue weighted by molar-refractivity contribution is 6.05. The molecule has 226 valence electrons. The van der Waals surface area contributed by atoms with Gasteiger partial charge in [0, 0.05) is 29.6 Å². The lowest BCUT2D eigenvalue weighted by Gasteiger charge is -2.17. The molecule has 6 rings (SSSR count). The lowest BCUT2D eigenvalue weighted by atomic mass is 10.1. The minimum Gasteiger partial charge on any atom is -0.494 e. The Balaban J connectivity index is 1.28. The van der Waals surface area contributed by atoms with Gasteiger partial charge in [-0.2, -0.15) is 5.10 Å². The molecule has 13 heteroatoms. The number of carbonyl (C=O) groups is 1. The molecule has 5 aromatic rings. The first-order chi connectivity index (χ1) is 21.3. The number of fused-ring (bicyclic) bond motifs is 2. The molecule has 1 aliphatic rings. The van der Waals surface area contributed by atoms with Gasteiger partial charge in [-0.15, -0.1) is 0 Å². The Bertz CT molecular complexity index is 1890. The van der Waals surface area contributed by atoms with E-state index in [0.29, 0.717) is 51.1 Å². The summed E-state index contributed by atoms with van der Waals surface area (Å²) in [5.41, 5.74) is 2.98. The van der Waals surface area contributed by atoms with Crippen LogP contribution in [-0.4, -0.2) is 69.2 Å². The maximum Gasteiger partial charge on any atom is 0.284 e. The Morgan fingerprint density at radius 2 is 1.89 bits per heavy atom. The molecule has 0 saturated carbocycles. The van der Waals surface area contributed by atoms with Crippen molar-refractivity contribution in [3.8, 4) is 23.0 Å². The van der Waals surface area contributed by atoms with E-state index in [-0.39, 0.29) is 11.7 Å². The quantitative estimate of drug-likeness (QED) is 0.212. The first kappa shape index (κ1) is 28.8. The van der Waals surface area contributed by atoms with E-state index in [1.54, 1.807) is 54.5 Å². The van der Waals surface area contributed by atoms with Crippen molar-refractivity contribution in [3.05, 3.63) is 72.7 Å². The first-order valence-corrected chi connectivity index (χ1v) is 14.0. The van der Waals surface area contributed by atoms with Gasteiger partial charge in [0.25, 0.3) is 5.91 Å². The van der Waals surface area contributed by atoms with E-state index in [2.05, 4.69) is 30.7 Å². The molecule has 1 aliphatic heterocycles. The summed E-state index contributed by atoms with van der Waals surface area (Å²) in [4.78, 5) is 28.0. The topological polar surface area (TPSA) is 128 Å². The summed E-state index contributed by atoms with van der Waals surface area (Å²) in [6, 6.07) is 8.63. The Hall–Kier alpha value is -5.30. The van der Waals surface area contributed by atoms with Crippen molar-refractivity contribution in [2.75, 3.05) is 38.4 Å². The zero-order valence-corrected chi connectivity index (χ0v) is 24.7. The summed E-state index contributed by atoms with van der Waals surface area (Å²) in [6.45, 7) is 2.77. The van der Waals surface area contributed by atoms with E-state index >= 15 is 0 Å². The van der Waals surface area contributed by atoms with Crippen LogP contribution in [0.2, 0.25) is 0 Å². The van der Waals surface area contributed by atoms with E-state index in [4.69, 9.17) is 14.2 Å². The molecule has 3 aromatic heterocycles.